The van der Waals surface area contributed by atoms with Gasteiger partial charge in [0.05, 0.1) is 5.02 Å². The molecule has 116 valence electrons. The van der Waals surface area contributed by atoms with E-state index < -0.39 is 0 Å². The van der Waals surface area contributed by atoms with Gasteiger partial charge in [0.1, 0.15) is 23.9 Å². The molecule has 3 rings (SSSR count). The highest BCUT2D eigenvalue weighted by Gasteiger charge is 2.06. The minimum atomic E-state index is 0.405. The summed E-state index contributed by atoms with van der Waals surface area (Å²) >= 11 is 6.19. The fourth-order valence-corrected chi connectivity index (χ4v) is 2.20. The van der Waals surface area contributed by atoms with Crippen LogP contribution in [0, 0.1) is 6.92 Å². The van der Waals surface area contributed by atoms with Gasteiger partial charge in [-0.2, -0.15) is 0 Å². The average molecular weight is 326 g/mol. The van der Waals surface area contributed by atoms with Crippen molar-refractivity contribution in [2.75, 3.05) is 0 Å². The number of ether oxygens (including phenoxy) is 2. The highest BCUT2D eigenvalue weighted by atomic mass is 35.5. The van der Waals surface area contributed by atoms with Crippen molar-refractivity contribution in [3.63, 3.8) is 0 Å². The lowest BCUT2D eigenvalue weighted by atomic mass is 10.2. The Morgan fingerprint density at radius 1 is 0.957 bits per heavy atom. The van der Waals surface area contributed by atoms with E-state index in [1.807, 2.05) is 55.5 Å². The van der Waals surface area contributed by atoms with E-state index in [1.165, 1.54) is 0 Å². The number of hydrogen-bond donors (Lipinski definition) is 0. The van der Waals surface area contributed by atoms with Crippen molar-refractivity contribution in [1.29, 1.82) is 0 Å². The second kappa shape index (κ2) is 7.16. The van der Waals surface area contributed by atoms with Gasteiger partial charge in [0.2, 0.25) is 0 Å². The minimum absolute atomic E-state index is 0.405. The molecule has 23 heavy (non-hydrogen) atoms. The maximum absolute atomic E-state index is 6.19. The molecule has 0 aliphatic carbocycles. The van der Waals surface area contributed by atoms with Crippen LogP contribution in [0.1, 0.15) is 11.3 Å². The molecule has 0 amide bonds. The van der Waals surface area contributed by atoms with Crippen LogP contribution in [0.5, 0.6) is 17.2 Å². The molecule has 0 saturated carbocycles. The summed E-state index contributed by atoms with van der Waals surface area (Å²) in [6, 6.07) is 18.9. The van der Waals surface area contributed by atoms with Crippen LogP contribution in [0.3, 0.4) is 0 Å². The fraction of sp³-hybridized carbons (Fsp3) is 0.105. The Morgan fingerprint density at radius 2 is 1.78 bits per heavy atom. The van der Waals surface area contributed by atoms with Gasteiger partial charge in [-0.3, -0.25) is 4.98 Å². The van der Waals surface area contributed by atoms with Gasteiger partial charge in [-0.25, -0.2) is 0 Å². The zero-order chi connectivity index (χ0) is 16.1. The van der Waals surface area contributed by atoms with Crippen LogP contribution in [-0.4, -0.2) is 4.98 Å². The molecule has 0 aliphatic heterocycles. The van der Waals surface area contributed by atoms with Crippen LogP contribution >= 0.6 is 11.6 Å². The minimum Gasteiger partial charge on any atom is -0.487 e. The van der Waals surface area contributed by atoms with Crippen LogP contribution < -0.4 is 9.47 Å². The van der Waals surface area contributed by atoms with Crippen molar-refractivity contribution in [2.24, 2.45) is 0 Å². The van der Waals surface area contributed by atoms with Crippen LogP contribution in [0.2, 0.25) is 5.02 Å². The second-order valence-corrected chi connectivity index (χ2v) is 5.51. The Hall–Kier alpha value is -2.52. The number of halogens is 1. The van der Waals surface area contributed by atoms with E-state index in [-0.39, 0.29) is 0 Å². The number of pyridine rings is 1. The number of rotatable bonds is 5. The Bertz CT molecular complexity index is 773. The highest BCUT2D eigenvalue weighted by molar-refractivity contribution is 6.32. The molecule has 3 aromatic rings. The third-order valence-electron chi connectivity index (χ3n) is 3.25. The molecule has 0 radical (unpaired) electrons. The molecular formula is C19H16ClNO2. The molecule has 1 aromatic heterocycles. The van der Waals surface area contributed by atoms with Crippen LogP contribution in [0.25, 0.3) is 0 Å². The summed E-state index contributed by atoms with van der Waals surface area (Å²) in [7, 11) is 0. The first-order valence-corrected chi connectivity index (χ1v) is 7.65. The number of para-hydroxylation sites is 1. The second-order valence-electron chi connectivity index (χ2n) is 5.10. The van der Waals surface area contributed by atoms with Crippen LogP contribution in [0.15, 0.2) is 66.9 Å². The molecule has 0 atom stereocenters. The number of nitrogens with zero attached hydrogens (tertiary/aromatic N) is 1. The van der Waals surface area contributed by atoms with Crippen molar-refractivity contribution in [2.45, 2.75) is 13.5 Å². The molecule has 0 unspecified atom stereocenters. The fourth-order valence-electron chi connectivity index (χ4n) is 2.03. The first-order chi connectivity index (χ1) is 11.2. The molecule has 0 bridgehead atoms. The molecule has 3 nitrogen and oxygen atoms in total. The summed E-state index contributed by atoms with van der Waals surface area (Å²) in [5, 5.41) is 0.547. The van der Waals surface area contributed by atoms with E-state index in [0.717, 1.165) is 17.0 Å². The molecule has 1 heterocycles. The van der Waals surface area contributed by atoms with Crippen molar-refractivity contribution >= 4 is 11.6 Å². The normalized spacial score (nSPS) is 10.3. The smallest absolute Gasteiger partial charge is 0.142 e. The van der Waals surface area contributed by atoms with Gasteiger partial charge in [-0.1, -0.05) is 35.9 Å². The lowest BCUT2D eigenvalue weighted by molar-refractivity contribution is 0.304. The van der Waals surface area contributed by atoms with E-state index in [0.29, 0.717) is 23.1 Å². The number of hydrogen-bond acceptors (Lipinski definition) is 3. The topological polar surface area (TPSA) is 31.4 Å². The maximum Gasteiger partial charge on any atom is 0.142 e. The molecule has 0 aliphatic rings. The van der Waals surface area contributed by atoms with E-state index in [4.69, 9.17) is 21.1 Å². The van der Waals surface area contributed by atoms with Crippen molar-refractivity contribution < 1.29 is 9.47 Å². The van der Waals surface area contributed by atoms with E-state index in [2.05, 4.69) is 4.98 Å². The Morgan fingerprint density at radius 3 is 2.52 bits per heavy atom. The zero-order valence-electron chi connectivity index (χ0n) is 12.7. The number of aromatic nitrogens is 1. The summed E-state index contributed by atoms with van der Waals surface area (Å²) in [6.07, 6.45) is 1.80. The van der Waals surface area contributed by atoms with E-state index >= 15 is 0 Å². The van der Waals surface area contributed by atoms with Crippen LogP contribution in [-0.2, 0) is 6.61 Å². The largest absolute Gasteiger partial charge is 0.487 e. The Kier molecular flexibility index (Phi) is 4.79. The van der Waals surface area contributed by atoms with Gasteiger partial charge in [0.25, 0.3) is 0 Å². The lowest BCUT2D eigenvalue weighted by Gasteiger charge is -2.11. The molecule has 4 heteroatoms. The molecule has 0 N–H and O–H groups in total. The van der Waals surface area contributed by atoms with Gasteiger partial charge in [0, 0.05) is 23.5 Å². The van der Waals surface area contributed by atoms with Gasteiger partial charge in [-0.05, 0) is 37.3 Å². The molecule has 2 aromatic carbocycles. The number of benzene rings is 2. The van der Waals surface area contributed by atoms with Gasteiger partial charge < -0.3 is 9.47 Å². The maximum atomic E-state index is 6.19. The SMILES string of the molecule is Cc1ccc(COc2cc(Oc3ccccc3)ccc2Cl)cn1. The Labute approximate surface area is 140 Å². The first kappa shape index (κ1) is 15.4. The van der Waals surface area contributed by atoms with E-state index in [1.54, 1.807) is 18.3 Å². The third-order valence-corrected chi connectivity index (χ3v) is 3.56. The molecular weight excluding hydrogens is 310 g/mol. The average Bonchev–Trinajstić information content (AvgIpc) is 2.58. The quantitative estimate of drug-likeness (QED) is 0.628. The number of aryl methyl sites for hydroxylation is 1. The van der Waals surface area contributed by atoms with Crippen LogP contribution in [0.4, 0.5) is 0 Å². The summed E-state index contributed by atoms with van der Waals surface area (Å²) in [5.74, 6) is 2.03. The summed E-state index contributed by atoms with van der Waals surface area (Å²) < 4.78 is 11.6. The molecule has 0 fully saturated rings. The summed E-state index contributed by atoms with van der Waals surface area (Å²) in [5.41, 5.74) is 1.96. The highest BCUT2D eigenvalue weighted by Crippen LogP contribution is 2.32. The van der Waals surface area contributed by atoms with Crippen molar-refractivity contribution in [3.8, 4) is 17.2 Å². The Balaban J connectivity index is 1.71. The lowest BCUT2D eigenvalue weighted by Crippen LogP contribution is -1.97. The molecule has 0 saturated heterocycles. The predicted molar refractivity (Wildman–Crippen MR) is 91.3 cm³/mol. The van der Waals surface area contributed by atoms with Gasteiger partial charge in [-0.15, -0.1) is 0 Å². The van der Waals surface area contributed by atoms with Gasteiger partial charge in [0.15, 0.2) is 0 Å². The standard InChI is InChI=1S/C19H16ClNO2/c1-14-7-8-15(12-21-14)13-22-19-11-17(9-10-18(19)20)23-16-5-3-2-4-6-16/h2-12H,13H2,1H3. The van der Waals surface area contributed by atoms with E-state index in [9.17, 15) is 0 Å². The third kappa shape index (κ3) is 4.24. The van der Waals surface area contributed by atoms with Crippen molar-refractivity contribution in [3.05, 3.63) is 83.1 Å². The predicted octanol–water partition coefficient (Wildman–Crippen LogP) is 5.41. The molecule has 0 spiro atoms. The summed E-state index contributed by atoms with van der Waals surface area (Å²) in [4.78, 5) is 4.25. The zero-order valence-corrected chi connectivity index (χ0v) is 13.5. The van der Waals surface area contributed by atoms with Gasteiger partial charge >= 0.3 is 0 Å². The monoisotopic (exact) mass is 325 g/mol. The van der Waals surface area contributed by atoms with Crippen molar-refractivity contribution in [1.82, 2.24) is 4.98 Å². The summed E-state index contributed by atoms with van der Waals surface area (Å²) in [6.45, 7) is 2.35. The first-order valence-electron chi connectivity index (χ1n) is 7.27.